The summed E-state index contributed by atoms with van der Waals surface area (Å²) in [6, 6.07) is 11.8. The van der Waals surface area contributed by atoms with E-state index in [0.717, 1.165) is 35.8 Å². The van der Waals surface area contributed by atoms with Gasteiger partial charge in [0.2, 0.25) is 0 Å². The van der Waals surface area contributed by atoms with Crippen LogP contribution >= 0.6 is 63.7 Å². The average molecular weight is 568 g/mol. The van der Waals surface area contributed by atoms with Gasteiger partial charge in [-0.05, 0) is 80.4 Å². The number of rotatable bonds is 4. The molecule has 0 saturated carbocycles. The Hall–Kier alpha value is -0.300. The largest absolute Gasteiger partial charge is 0.485 e. The first kappa shape index (κ1) is 17.5. The maximum absolute atomic E-state index is 6.02. The molecule has 0 aromatic heterocycles. The minimum atomic E-state index is 0.00620. The van der Waals surface area contributed by atoms with Crippen molar-refractivity contribution in [1.82, 2.24) is 0 Å². The summed E-state index contributed by atoms with van der Waals surface area (Å²) < 4.78 is 15.9. The van der Waals surface area contributed by atoms with E-state index in [1.807, 2.05) is 48.6 Å². The first-order chi connectivity index (χ1) is 11.0. The summed E-state index contributed by atoms with van der Waals surface area (Å²) in [5.41, 5.74) is 0. The van der Waals surface area contributed by atoms with Crippen LogP contribution in [0.15, 0.2) is 66.4 Å². The van der Waals surface area contributed by atoms with Crippen LogP contribution in [0.25, 0.3) is 0 Å². The summed E-state index contributed by atoms with van der Waals surface area (Å²) in [7, 11) is 0. The minimum absolute atomic E-state index is 0.00620. The molecule has 0 amide bonds. The van der Waals surface area contributed by atoms with Gasteiger partial charge >= 0.3 is 0 Å². The Kier molecular flexibility index (Phi) is 5.88. The van der Waals surface area contributed by atoms with E-state index < -0.39 is 0 Å². The summed E-state index contributed by atoms with van der Waals surface area (Å²) in [5.74, 6) is 1.65. The van der Waals surface area contributed by atoms with Gasteiger partial charge in [0.15, 0.2) is 0 Å². The molecule has 2 aromatic carbocycles. The van der Waals surface area contributed by atoms with Crippen molar-refractivity contribution in [3.63, 3.8) is 0 Å². The molecule has 0 bridgehead atoms. The second-order valence-electron chi connectivity index (χ2n) is 5.08. The van der Waals surface area contributed by atoms with Gasteiger partial charge in [0.1, 0.15) is 23.7 Å². The monoisotopic (exact) mass is 564 g/mol. The lowest BCUT2D eigenvalue weighted by molar-refractivity contribution is 0.179. The molecule has 6 heteroatoms. The summed E-state index contributed by atoms with van der Waals surface area (Å²) in [6.45, 7) is 0. The highest BCUT2D eigenvalue weighted by Gasteiger charge is 2.23. The van der Waals surface area contributed by atoms with Crippen LogP contribution in [-0.4, -0.2) is 12.2 Å². The molecule has 0 N–H and O–H groups in total. The van der Waals surface area contributed by atoms with Gasteiger partial charge in [0.25, 0.3) is 0 Å². The van der Waals surface area contributed by atoms with Crippen LogP contribution in [-0.2, 0) is 0 Å². The van der Waals surface area contributed by atoms with Crippen LogP contribution in [0.5, 0.6) is 11.5 Å². The second-order valence-corrected chi connectivity index (χ2v) is 8.62. The van der Waals surface area contributed by atoms with Crippen molar-refractivity contribution in [2.45, 2.75) is 18.6 Å². The lowest BCUT2D eigenvalue weighted by Gasteiger charge is -2.17. The molecule has 0 fully saturated rings. The molecule has 2 nitrogen and oxygen atoms in total. The molecule has 2 aromatic rings. The van der Waals surface area contributed by atoms with Gasteiger partial charge in [-0.25, -0.2) is 0 Å². The van der Waals surface area contributed by atoms with Gasteiger partial charge in [-0.15, -0.1) is 0 Å². The van der Waals surface area contributed by atoms with Crippen molar-refractivity contribution in [2.75, 3.05) is 0 Å². The van der Waals surface area contributed by atoms with E-state index in [1.54, 1.807) is 0 Å². The predicted octanol–water partition coefficient (Wildman–Crippen LogP) is 6.89. The first-order valence-electron chi connectivity index (χ1n) is 6.93. The Bertz CT molecular complexity index is 684. The van der Waals surface area contributed by atoms with Crippen molar-refractivity contribution >= 4 is 63.7 Å². The van der Waals surface area contributed by atoms with Crippen molar-refractivity contribution in [2.24, 2.45) is 0 Å². The number of halogens is 4. The topological polar surface area (TPSA) is 18.5 Å². The van der Waals surface area contributed by atoms with Crippen molar-refractivity contribution in [3.05, 3.63) is 66.4 Å². The van der Waals surface area contributed by atoms with Gasteiger partial charge in [0.05, 0.1) is 8.95 Å². The van der Waals surface area contributed by atoms with Crippen LogP contribution in [0.1, 0.15) is 6.42 Å². The molecular formula is C17H12Br4O2. The zero-order valence-corrected chi connectivity index (χ0v) is 18.2. The molecular weight excluding hydrogens is 556 g/mol. The summed E-state index contributed by atoms with van der Waals surface area (Å²) >= 11 is 13.9. The molecule has 1 aliphatic carbocycles. The molecule has 0 unspecified atom stereocenters. The molecule has 0 saturated heterocycles. The number of benzene rings is 2. The van der Waals surface area contributed by atoms with Crippen molar-refractivity contribution < 1.29 is 9.47 Å². The van der Waals surface area contributed by atoms with Crippen LogP contribution in [0.3, 0.4) is 0 Å². The quantitative estimate of drug-likeness (QED) is 0.375. The summed E-state index contributed by atoms with van der Waals surface area (Å²) in [4.78, 5) is 0. The van der Waals surface area contributed by atoms with Crippen LogP contribution in [0.4, 0.5) is 0 Å². The third-order valence-electron chi connectivity index (χ3n) is 3.35. The Morgan fingerprint density at radius 2 is 1.13 bits per heavy atom. The zero-order chi connectivity index (χ0) is 16.4. The fraction of sp³-hybridized carbons (Fsp3) is 0.176. The van der Waals surface area contributed by atoms with Crippen LogP contribution < -0.4 is 9.47 Å². The Morgan fingerprint density at radius 1 is 0.696 bits per heavy atom. The zero-order valence-electron chi connectivity index (χ0n) is 11.8. The highest BCUT2D eigenvalue weighted by molar-refractivity contribution is 9.11. The predicted molar refractivity (Wildman–Crippen MR) is 106 cm³/mol. The highest BCUT2D eigenvalue weighted by atomic mass is 79.9. The minimum Gasteiger partial charge on any atom is -0.485 e. The van der Waals surface area contributed by atoms with E-state index in [1.165, 1.54) is 0 Å². The van der Waals surface area contributed by atoms with E-state index in [0.29, 0.717) is 0 Å². The van der Waals surface area contributed by atoms with Crippen molar-refractivity contribution in [1.29, 1.82) is 0 Å². The Morgan fingerprint density at radius 3 is 1.52 bits per heavy atom. The molecule has 120 valence electrons. The van der Waals surface area contributed by atoms with Gasteiger partial charge in [0, 0.05) is 15.4 Å². The van der Waals surface area contributed by atoms with E-state index in [2.05, 4.69) is 63.7 Å². The van der Waals surface area contributed by atoms with E-state index >= 15 is 0 Å². The van der Waals surface area contributed by atoms with Gasteiger partial charge in [-0.2, -0.15) is 0 Å². The van der Waals surface area contributed by atoms with E-state index in [-0.39, 0.29) is 12.2 Å². The maximum atomic E-state index is 6.02. The van der Waals surface area contributed by atoms with Crippen LogP contribution in [0.2, 0.25) is 0 Å². The highest BCUT2D eigenvalue weighted by Crippen LogP contribution is 2.33. The lowest BCUT2D eigenvalue weighted by Crippen LogP contribution is -2.18. The second kappa shape index (κ2) is 7.72. The number of ether oxygens (including phenoxy) is 2. The molecule has 0 radical (unpaired) electrons. The van der Waals surface area contributed by atoms with E-state index in [4.69, 9.17) is 9.47 Å². The third-order valence-corrected chi connectivity index (χ3v) is 5.58. The lowest BCUT2D eigenvalue weighted by atomic mass is 10.2. The SMILES string of the molecule is Brc1ccc(O[C@@H]2C=C[C@H](Oc3ccc(Br)cc3Br)C2)c(Br)c1. The fourth-order valence-electron chi connectivity index (χ4n) is 2.28. The summed E-state index contributed by atoms with van der Waals surface area (Å²) in [6.07, 6.45) is 4.89. The maximum Gasteiger partial charge on any atom is 0.134 e. The fourth-order valence-corrected chi connectivity index (χ4v) is 4.56. The normalized spacial score (nSPS) is 19.8. The molecule has 1 aliphatic rings. The average Bonchev–Trinajstić information content (AvgIpc) is 2.92. The number of hydrogen-bond acceptors (Lipinski definition) is 2. The smallest absolute Gasteiger partial charge is 0.134 e. The Labute approximate surface area is 168 Å². The van der Waals surface area contributed by atoms with Gasteiger partial charge in [-0.3, -0.25) is 0 Å². The van der Waals surface area contributed by atoms with Gasteiger partial charge in [-0.1, -0.05) is 31.9 Å². The Balaban J connectivity index is 1.61. The number of hydrogen-bond donors (Lipinski definition) is 0. The molecule has 0 aliphatic heterocycles. The van der Waals surface area contributed by atoms with Crippen molar-refractivity contribution in [3.8, 4) is 11.5 Å². The molecule has 23 heavy (non-hydrogen) atoms. The molecule has 2 atom stereocenters. The first-order valence-corrected chi connectivity index (χ1v) is 10.1. The molecule has 0 spiro atoms. The summed E-state index contributed by atoms with van der Waals surface area (Å²) in [5, 5.41) is 0. The van der Waals surface area contributed by atoms with E-state index in [9.17, 15) is 0 Å². The van der Waals surface area contributed by atoms with Crippen LogP contribution in [0, 0.1) is 0 Å². The molecule has 3 rings (SSSR count). The third kappa shape index (κ3) is 4.62. The standard InChI is InChI=1S/C17H12Br4O2/c18-10-1-5-16(14(20)7-10)22-12-3-4-13(9-12)23-17-6-2-11(19)8-15(17)21/h1-8,12-13H,9H2/t12-,13+. The van der Waals surface area contributed by atoms with Gasteiger partial charge < -0.3 is 9.47 Å². The molecule has 0 heterocycles.